The van der Waals surface area contributed by atoms with Gasteiger partial charge in [0.15, 0.2) is 17.2 Å². The van der Waals surface area contributed by atoms with Crippen molar-refractivity contribution in [2.75, 3.05) is 4.90 Å². The molecule has 4 heteroatoms. The van der Waals surface area contributed by atoms with Gasteiger partial charge in [0.05, 0.1) is 35.3 Å². The molecule has 3 aromatic rings. The van der Waals surface area contributed by atoms with E-state index in [2.05, 4.69) is 10.9 Å². The maximum atomic E-state index is 9.55. The first kappa shape index (κ1) is 13.9. The molecule has 24 heavy (non-hydrogen) atoms. The molecule has 3 aromatic carbocycles. The van der Waals surface area contributed by atoms with Crippen molar-refractivity contribution < 1.29 is 4.74 Å². The molecule has 0 amide bonds. The van der Waals surface area contributed by atoms with Crippen LogP contribution in [0.25, 0.3) is 4.85 Å². The summed E-state index contributed by atoms with van der Waals surface area (Å²) in [7, 11) is 0. The van der Waals surface area contributed by atoms with Crippen LogP contribution in [0.15, 0.2) is 66.7 Å². The van der Waals surface area contributed by atoms with Gasteiger partial charge in [-0.1, -0.05) is 30.3 Å². The summed E-state index contributed by atoms with van der Waals surface area (Å²) >= 11 is 0. The number of nitriles is 1. The van der Waals surface area contributed by atoms with E-state index in [0.717, 1.165) is 28.6 Å². The van der Waals surface area contributed by atoms with Gasteiger partial charge in [-0.15, -0.1) is 0 Å². The van der Waals surface area contributed by atoms with Crippen LogP contribution in [0.5, 0.6) is 11.5 Å². The third-order valence-electron chi connectivity index (χ3n) is 3.90. The number of anilines is 3. The molecule has 0 aromatic heterocycles. The van der Waals surface area contributed by atoms with E-state index in [1.807, 2.05) is 59.5 Å². The van der Waals surface area contributed by atoms with Gasteiger partial charge >= 0.3 is 0 Å². The minimum Gasteiger partial charge on any atom is -0.453 e. The summed E-state index contributed by atoms with van der Waals surface area (Å²) in [5.74, 6) is 1.46. The quantitative estimate of drug-likeness (QED) is 0.424. The zero-order valence-electron chi connectivity index (χ0n) is 12.6. The van der Waals surface area contributed by atoms with Crippen LogP contribution < -0.4 is 9.64 Å². The standard InChI is InChI=1S/C20H11N3O/c1-22-15-10-11-16(14(12-15)13-21)23-17-6-2-4-8-19(17)24-20-9-5-3-7-18(20)23/h2-12H. The molecule has 112 valence electrons. The molecule has 4 rings (SSSR count). The molecule has 0 bridgehead atoms. The summed E-state index contributed by atoms with van der Waals surface area (Å²) in [5, 5.41) is 9.55. The lowest BCUT2D eigenvalue weighted by Crippen LogP contribution is -2.16. The van der Waals surface area contributed by atoms with Crippen LogP contribution >= 0.6 is 0 Å². The number of nitrogens with zero attached hydrogens (tertiary/aromatic N) is 3. The van der Waals surface area contributed by atoms with Crippen LogP contribution in [0.3, 0.4) is 0 Å². The van der Waals surface area contributed by atoms with Crippen LogP contribution in [0, 0.1) is 17.9 Å². The zero-order valence-corrected chi connectivity index (χ0v) is 12.6. The van der Waals surface area contributed by atoms with Gasteiger partial charge in [-0.2, -0.15) is 5.26 Å². The van der Waals surface area contributed by atoms with Crippen LogP contribution in [0.1, 0.15) is 5.56 Å². The highest BCUT2D eigenvalue weighted by atomic mass is 16.5. The Hall–Kier alpha value is -3.76. The van der Waals surface area contributed by atoms with E-state index < -0.39 is 0 Å². The van der Waals surface area contributed by atoms with Gasteiger partial charge in [-0.3, -0.25) is 0 Å². The molecule has 1 heterocycles. The Morgan fingerprint density at radius 2 is 1.50 bits per heavy atom. The van der Waals surface area contributed by atoms with E-state index in [0.29, 0.717) is 11.3 Å². The topological polar surface area (TPSA) is 40.6 Å². The Bertz CT molecular complexity index is 982. The number of para-hydroxylation sites is 4. The van der Waals surface area contributed by atoms with Crippen molar-refractivity contribution >= 4 is 22.7 Å². The molecular weight excluding hydrogens is 298 g/mol. The highest BCUT2D eigenvalue weighted by Gasteiger charge is 2.26. The second-order valence-electron chi connectivity index (χ2n) is 5.30. The third-order valence-corrected chi connectivity index (χ3v) is 3.90. The molecule has 4 nitrogen and oxygen atoms in total. The largest absolute Gasteiger partial charge is 0.453 e. The lowest BCUT2D eigenvalue weighted by Gasteiger charge is -2.33. The van der Waals surface area contributed by atoms with Crippen LogP contribution in [-0.4, -0.2) is 0 Å². The third kappa shape index (κ3) is 2.06. The Kier molecular flexibility index (Phi) is 3.16. The van der Waals surface area contributed by atoms with Crippen molar-refractivity contribution in [2.45, 2.75) is 0 Å². The lowest BCUT2D eigenvalue weighted by atomic mass is 10.1. The Balaban J connectivity index is 2.00. The second kappa shape index (κ2) is 5.46. The average molecular weight is 309 g/mol. The fourth-order valence-corrected chi connectivity index (χ4v) is 2.84. The van der Waals surface area contributed by atoms with Gasteiger partial charge in [0, 0.05) is 0 Å². The molecule has 0 aliphatic carbocycles. The number of ether oxygens (including phenoxy) is 1. The van der Waals surface area contributed by atoms with Crippen LogP contribution in [-0.2, 0) is 0 Å². The molecule has 0 N–H and O–H groups in total. The van der Waals surface area contributed by atoms with Gasteiger partial charge in [-0.25, -0.2) is 4.85 Å². The van der Waals surface area contributed by atoms with Gasteiger partial charge in [0.1, 0.15) is 0 Å². The van der Waals surface area contributed by atoms with Crippen molar-refractivity contribution in [3.8, 4) is 17.6 Å². The molecule has 1 aliphatic heterocycles. The van der Waals surface area contributed by atoms with Crippen molar-refractivity contribution in [3.05, 3.63) is 83.7 Å². The summed E-state index contributed by atoms with van der Waals surface area (Å²) in [6, 6.07) is 22.8. The molecular formula is C20H11N3O. The van der Waals surface area contributed by atoms with Gasteiger partial charge < -0.3 is 9.64 Å². The minimum absolute atomic E-state index is 0.449. The first-order valence-electron chi connectivity index (χ1n) is 7.39. The molecule has 0 fully saturated rings. The van der Waals surface area contributed by atoms with E-state index in [1.54, 1.807) is 12.1 Å². The second-order valence-corrected chi connectivity index (χ2v) is 5.30. The predicted molar refractivity (Wildman–Crippen MR) is 92.2 cm³/mol. The molecule has 0 unspecified atom stereocenters. The maximum Gasteiger partial charge on any atom is 0.188 e. The number of hydrogen-bond acceptors (Lipinski definition) is 3. The van der Waals surface area contributed by atoms with Crippen molar-refractivity contribution in [1.29, 1.82) is 5.26 Å². The van der Waals surface area contributed by atoms with E-state index >= 15 is 0 Å². The molecule has 0 radical (unpaired) electrons. The number of benzene rings is 3. The minimum atomic E-state index is 0.449. The van der Waals surface area contributed by atoms with Gasteiger partial charge in [-0.05, 0) is 36.4 Å². The zero-order chi connectivity index (χ0) is 16.5. The first-order chi connectivity index (χ1) is 11.8. The number of hydrogen-bond donors (Lipinski definition) is 0. The maximum absolute atomic E-state index is 9.55. The van der Waals surface area contributed by atoms with E-state index in [4.69, 9.17) is 11.3 Å². The summed E-state index contributed by atoms with van der Waals surface area (Å²) in [6.45, 7) is 7.15. The summed E-state index contributed by atoms with van der Waals surface area (Å²) in [5.41, 5.74) is 3.36. The smallest absolute Gasteiger partial charge is 0.188 e. The monoisotopic (exact) mass is 309 g/mol. The van der Waals surface area contributed by atoms with E-state index in [9.17, 15) is 5.26 Å². The van der Waals surface area contributed by atoms with Crippen LogP contribution in [0.4, 0.5) is 22.7 Å². The first-order valence-corrected chi connectivity index (χ1v) is 7.39. The van der Waals surface area contributed by atoms with Crippen molar-refractivity contribution in [3.63, 3.8) is 0 Å². The average Bonchev–Trinajstić information content (AvgIpc) is 2.65. The highest BCUT2D eigenvalue weighted by Crippen LogP contribution is 2.50. The summed E-state index contributed by atoms with van der Waals surface area (Å²) in [6.07, 6.45) is 0. The van der Waals surface area contributed by atoms with Gasteiger partial charge in [0.2, 0.25) is 0 Å². The molecule has 0 saturated heterocycles. The Labute approximate surface area is 139 Å². The fourth-order valence-electron chi connectivity index (χ4n) is 2.84. The lowest BCUT2D eigenvalue weighted by molar-refractivity contribution is 0.477. The normalized spacial score (nSPS) is 11.5. The van der Waals surface area contributed by atoms with Crippen molar-refractivity contribution in [2.24, 2.45) is 0 Å². The Morgan fingerprint density at radius 3 is 2.08 bits per heavy atom. The fraction of sp³-hybridized carbons (Fsp3) is 0. The molecule has 0 saturated carbocycles. The van der Waals surface area contributed by atoms with E-state index in [-0.39, 0.29) is 0 Å². The summed E-state index contributed by atoms with van der Waals surface area (Å²) in [4.78, 5) is 5.41. The SMILES string of the molecule is [C-]#[N+]c1ccc(N2c3ccccc3Oc3ccccc32)c(C#N)c1. The number of rotatable bonds is 1. The van der Waals surface area contributed by atoms with E-state index in [1.165, 1.54) is 0 Å². The van der Waals surface area contributed by atoms with Gasteiger partial charge in [0.25, 0.3) is 0 Å². The molecule has 1 aliphatic rings. The van der Waals surface area contributed by atoms with Crippen molar-refractivity contribution in [1.82, 2.24) is 0 Å². The number of fused-ring (bicyclic) bond motifs is 2. The highest BCUT2D eigenvalue weighted by molar-refractivity contribution is 5.88. The Morgan fingerprint density at radius 1 is 0.875 bits per heavy atom. The predicted octanol–water partition coefficient (Wildman–Crippen LogP) is 5.68. The summed E-state index contributed by atoms with van der Waals surface area (Å²) < 4.78 is 5.97. The van der Waals surface area contributed by atoms with Crippen LogP contribution in [0.2, 0.25) is 0 Å². The molecule has 0 atom stereocenters. The molecule has 0 spiro atoms.